The second kappa shape index (κ2) is 7.70. The molecule has 4 aromatic rings. The van der Waals surface area contributed by atoms with Crippen molar-refractivity contribution in [2.45, 2.75) is 38.4 Å². The lowest BCUT2D eigenvalue weighted by atomic mass is 10.0. The molecule has 0 bridgehead atoms. The molecule has 2 fully saturated rings. The molecular formula is C24H21BrFN7O2. The zero-order chi connectivity index (χ0) is 24.5. The highest BCUT2D eigenvalue weighted by molar-refractivity contribution is 9.10. The number of para-hydroxylation sites is 1. The maximum absolute atomic E-state index is 15.0. The Morgan fingerprint density at radius 3 is 2.83 bits per heavy atom. The number of nitrogens with one attached hydrogen (secondary N) is 1. The number of carbonyl (C=O) groups excluding carboxylic acids is 2. The standard InChI is InChI=1S/C24H21BrFN7O2/c1-24-8-14(23(35)31-17-7-3-6-16(25)30-17)33(15(24)9-24)18(34)10-32-20-12(4-2-5-13(20)26)19-21(27)28-11-29-22(19)32/h2-7,11,14-15H,8-10H2,1H3,(H2,27,28,29)(H,30,31,35)/t14-,15+,24-/m0/s1. The SMILES string of the molecule is C[C@@]12C[C@@H](C(=O)Nc3cccc(Br)n3)N(C(=O)Cn3c4ncnc(N)c4c4cccc(F)c43)[C@@H]1C2. The smallest absolute Gasteiger partial charge is 0.248 e. The summed E-state index contributed by atoms with van der Waals surface area (Å²) in [5.41, 5.74) is 6.59. The van der Waals surface area contributed by atoms with E-state index >= 15 is 0 Å². The van der Waals surface area contributed by atoms with Gasteiger partial charge >= 0.3 is 0 Å². The molecule has 0 spiro atoms. The third-order valence-corrected chi connectivity index (χ3v) is 7.57. The number of amides is 2. The largest absolute Gasteiger partial charge is 0.383 e. The molecular weight excluding hydrogens is 517 g/mol. The molecule has 0 unspecified atom stereocenters. The van der Waals surface area contributed by atoms with E-state index in [-0.39, 0.29) is 41.2 Å². The number of rotatable bonds is 4. The van der Waals surface area contributed by atoms with E-state index in [1.54, 1.807) is 35.2 Å². The fraction of sp³-hybridized carbons (Fsp3) is 0.292. The van der Waals surface area contributed by atoms with Crippen LogP contribution in [0.25, 0.3) is 21.9 Å². The van der Waals surface area contributed by atoms with Gasteiger partial charge in [0.2, 0.25) is 11.8 Å². The van der Waals surface area contributed by atoms with Gasteiger partial charge in [-0.2, -0.15) is 0 Å². The summed E-state index contributed by atoms with van der Waals surface area (Å²) >= 11 is 3.30. The number of hydrogen-bond acceptors (Lipinski definition) is 6. The molecule has 2 aliphatic rings. The number of carbonyl (C=O) groups is 2. The zero-order valence-corrected chi connectivity index (χ0v) is 20.3. The van der Waals surface area contributed by atoms with Gasteiger partial charge in [0.15, 0.2) is 0 Å². The lowest BCUT2D eigenvalue weighted by Gasteiger charge is -2.27. The van der Waals surface area contributed by atoms with Crippen LogP contribution in [0.4, 0.5) is 16.0 Å². The minimum absolute atomic E-state index is 0.0427. The Kier molecular flexibility index (Phi) is 4.82. The summed E-state index contributed by atoms with van der Waals surface area (Å²) in [7, 11) is 0. The van der Waals surface area contributed by atoms with Crippen LogP contribution in [0.2, 0.25) is 0 Å². The maximum atomic E-state index is 15.0. The van der Waals surface area contributed by atoms with Crippen LogP contribution in [0.15, 0.2) is 47.3 Å². The predicted octanol–water partition coefficient (Wildman–Crippen LogP) is 3.48. The molecule has 11 heteroatoms. The average Bonchev–Trinajstić information content (AvgIpc) is 3.20. The Hall–Kier alpha value is -3.60. The van der Waals surface area contributed by atoms with Gasteiger partial charge in [-0.1, -0.05) is 25.1 Å². The molecule has 1 aromatic carbocycles. The number of piperidine rings is 1. The monoisotopic (exact) mass is 537 g/mol. The van der Waals surface area contributed by atoms with Crippen molar-refractivity contribution in [2.24, 2.45) is 5.41 Å². The highest BCUT2D eigenvalue weighted by Gasteiger charge is 2.64. The van der Waals surface area contributed by atoms with Crippen LogP contribution in [0, 0.1) is 11.2 Å². The number of aromatic nitrogens is 4. The first-order chi connectivity index (χ1) is 16.8. The van der Waals surface area contributed by atoms with Crippen LogP contribution < -0.4 is 11.1 Å². The molecule has 6 rings (SSSR count). The van der Waals surface area contributed by atoms with Gasteiger partial charge in [-0.3, -0.25) is 9.59 Å². The van der Waals surface area contributed by atoms with E-state index in [1.807, 2.05) is 0 Å². The van der Waals surface area contributed by atoms with Crippen molar-refractivity contribution in [3.05, 3.63) is 53.1 Å². The number of nitrogen functional groups attached to an aromatic ring is 1. The van der Waals surface area contributed by atoms with Crippen molar-refractivity contribution in [2.75, 3.05) is 11.1 Å². The summed E-state index contributed by atoms with van der Waals surface area (Å²) in [6.45, 7) is 1.90. The van der Waals surface area contributed by atoms with Gasteiger partial charge in [0.1, 0.15) is 46.6 Å². The van der Waals surface area contributed by atoms with Crippen molar-refractivity contribution in [1.82, 2.24) is 24.4 Å². The van der Waals surface area contributed by atoms with Crippen molar-refractivity contribution in [3.63, 3.8) is 0 Å². The molecule has 3 aromatic heterocycles. The first-order valence-corrected chi connectivity index (χ1v) is 12.0. The number of halogens is 2. The minimum atomic E-state index is -0.648. The van der Waals surface area contributed by atoms with Gasteiger partial charge in [0, 0.05) is 11.4 Å². The lowest BCUT2D eigenvalue weighted by Crippen LogP contribution is -2.46. The molecule has 178 valence electrons. The van der Waals surface area contributed by atoms with Crippen LogP contribution in [-0.4, -0.2) is 48.3 Å². The maximum Gasteiger partial charge on any atom is 0.248 e. The summed E-state index contributed by atoms with van der Waals surface area (Å²) in [6, 6.07) is 9.19. The van der Waals surface area contributed by atoms with Crippen molar-refractivity contribution in [3.8, 4) is 0 Å². The Labute approximate surface area is 207 Å². The summed E-state index contributed by atoms with van der Waals surface area (Å²) in [6.07, 6.45) is 2.68. The second-order valence-electron chi connectivity index (χ2n) is 9.41. The number of benzene rings is 1. The summed E-state index contributed by atoms with van der Waals surface area (Å²) in [5.74, 6) is -0.443. The lowest BCUT2D eigenvalue weighted by molar-refractivity contribution is -0.138. The second-order valence-corrected chi connectivity index (χ2v) is 10.2. The molecule has 1 aliphatic heterocycles. The van der Waals surface area contributed by atoms with Crippen LogP contribution >= 0.6 is 15.9 Å². The van der Waals surface area contributed by atoms with Gasteiger partial charge in [0.25, 0.3) is 0 Å². The quantitative estimate of drug-likeness (QED) is 0.384. The molecule has 9 nitrogen and oxygen atoms in total. The highest BCUT2D eigenvalue weighted by Crippen LogP contribution is 2.59. The minimum Gasteiger partial charge on any atom is -0.383 e. The third kappa shape index (κ3) is 3.44. The Bertz CT molecular complexity index is 1540. The predicted molar refractivity (Wildman–Crippen MR) is 132 cm³/mol. The number of fused-ring (bicyclic) bond motifs is 4. The molecule has 3 N–H and O–H groups in total. The molecule has 1 saturated carbocycles. The van der Waals surface area contributed by atoms with Crippen LogP contribution in [0.5, 0.6) is 0 Å². The van der Waals surface area contributed by atoms with E-state index < -0.39 is 11.9 Å². The van der Waals surface area contributed by atoms with E-state index in [2.05, 4.69) is 43.1 Å². The first kappa shape index (κ1) is 21.9. The first-order valence-electron chi connectivity index (χ1n) is 11.2. The van der Waals surface area contributed by atoms with Crippen LogP contribution in [0.1, 0.15) is 19.8 Å². The van der Waals surface area contributed by atoms with Gasteiger partial charge in [0.05, 0.1) is 10.9 Å². The van der Waals surface area contributed by atoms with Gasteiger partial charge in [-0.15, -0.1) is 0 Å². The molecule has 4 heterocycles. The fourth-order valence-electron chi connectivity index (χ4n) is 5.37. The van der Waals surface area contributed by atoms with Crippen LogP contribution in [-0.2, 0) is 16.1 Å². The van der Waals surface area contributed by atoms with Crippen molar-refractivity contribution < 1.29 is 14.0 Å². The Morgan fingerprint density at radius 1 is 1.23 bits per heavy atom. The number of pyridine rings is 1. The number of anilines is 2. The van der Waals surface area contributed by atoms with E-state index in [4.69, 9.17) is 5.73 Å². The summed E-state index contributed by atoms with van der Waals surface area (Å²) in [5, 5.41) is 3.87. The normalized spacial score (nSPS) is 23.0. The average molecular weight is 538 g/mol. The van der Waals surface area contributed by atoms with Gasteiger partial charge < -0.3 is 20.5 Å². The molecule has 1 saturated heterocycles. The van der Waals surface area contributed by atoms with Gasteiger partial charge in [-0.05, 0) is 52.4 Å². The highest BCUT2D eigenvalue weighted by atomic mass is 79.9. The molecule has 0 radical (unpaired) electrons. The fourth-order valence-corrected chi connectivity index (χ4v) is 5.71. The number of nitrogens with zero attached hydrogens (tertiary/aromatic N) is 5. The number of nitrogens with two attached hydrogens (primary N) is 1. The van der Waals surface area contributed by atoms with E-state index in [1.165, 1.54) is 17.0 Å². The van der Waals surface area contributed by atoms with Crippen LogP contribution in [0.3, 0.4) is 0 Å². The Balaban J connectivity index is 1.35. The Morgan fingerprint density at radius 2 is 2.03 bits per heavy atom. The van der Waals surface area contributed by atoms with Crippen molar-refractivity contribution >= 4 is 61.3 Å². The molecule has 35 heavy (non-hydrogen) atoms. The molecule has 3 atom stereocenters. The molecule has 2 amide bonds. The topological polar surface area (TPSA) is 119 Å². The van der Waals surface area contributed by atoms with E-state index in [0.717, 1.165) is 6.42 Å². The number of likely N-dealkylation sites (tertiary alicyclic amines) is 1. The van der Waals surface area contributed by atoms with Crippen molar-refractivity contribution in [1.29, 1.82) is 0 Å². The van der Waals surface area contributed by atoms with E-state index in [9.17, 15) is 14.0 Å². The zero-order valence-electron chi connectivity index (χ0n) is 18.7. The van der Waals surface area contributed by atoms with E-state index in [0.29, 0.717) is 33.3 Å². The van der Waals surface area contributed by atoms with Gasteiger partial charge in [-0.25, -0.2) is 19.3 Å². The summed E-state index contributed by atoms with van der Waals surface area (Å²) in [4.78, 5) is 41.2. The summed E-state index contributed by atoms with van der Waals surface area (Å²) < 4.78 is 17.1. The number of hydrogen-bond donors (Lipinski definition) is 2. The molecule has 1 aliphatic carbocycles. The third-order valence-electron chi connectivity index (χ3n) is 7.12.